The third-order valence-corrected chi connectivity index (χ3v) is 3.06. The summed E-state index contributed by atoms with van der Waals surface area (Å²) in [5.41, 5.74) is -1.49. The first-order chi connectivity index (χ1) is 11.2. The van der Waals surface area contributed by atoms with E-state index in [9.17, 15) is 24.6 Å². The SMILES string of the molecule is CCOC(=O)Nc1ccc(CC(OC(C)C)(C(=O)O)C(=O)O)cc1. The van der Waals surface area contributed by atoms with Crippen LogP contribution in [0, 0.1) is 0 Å². The molecule has 0 aromatic heterocycles. The molecule has 0 atom stereocenters. The number of ether oxygens (including phenoxy) is 2. The van der Waals surface area contributed by atoms with Crippen molar-refractivity contribution in [1.29, 1.82) is 0 Å². The summed E-state index contributed by atoms with van der Waals surface area (Å²) in [5.74, 6) is -3.14. The molecule has 0 aliphatic carbocycles. The average Bonchev–Trinajstić information content (AvgIpc) is 2.47. The maximum atomic E-state index is 11.5. The molecule has 0 saturated heterocycles. The van der Waals surface area contributed by atoms with Gasteiger partial charge in [0.15, 0.2) is 0 Å². The van der Waals surface area contributed by atoms with Gasteiger partial charge in [-0.25, -0.2) is 14.4 Å². The number of nitrogens with one attached hydrogen (secondary N) is 1. The van der Waals surface area contributed by atoms with Gasteiger partial charge in [-0.2, -0.15) is 0 Å². The Morgan fingerprint density at radius 1 is 1.12 bits per heavy atom. The highest BCUT2D eigenvalue weighted by molar-refractivity contribution is 6.02. The fourth-order valence-corrected chi connectivity index (χ4v) is 2.07. The molecular weight excluding hydrogens is 318 g/mol. The molecular formula is C16H21NO7. The van der Waals surface area contributed by atoms with E-state index in [1.165, 1.54) is 24.3 Å². The highest BCUT2D eigenvalue weighted by Crippen LogP contribution is 2.23. The van der Waals surface area contributed by atoms with E-state index in [2.05, 4.69) is 5.32 Å². The molecule has 0 unspecified atom stereocenters. The van der Waals surface area contributed by atoms with E-state index in [-0.39, 0.29) is 13.0 Å². The van der Waals surface area contributed by atoms with Gasteiger partial charge < -0.3 is 19.7 Å². The van der Waals surface area contributed by atoms with Crippen LogP contribution in [0.25, 0.3) is 0 Å². The standard InChI is InChI=1S/C16H21NO7/c1-4-23-15(22)17-12-7-5-11(6-8-12)9-16(13(18)19,14(20)21)24-10(2)3/h5-8,10H,4,9H2,1-3H3,(H,17,22)(H,18,19)(H,20,21). The minimum Gasteiger partial charge on any atom is -0.479 e. The Labute approximate surface area is 139 Å². The molecule has 1 rings (SSSR count). The van der Waals surface area contributed by atoms with E-state index in [4.69, 9.17) is 9.47 Å². The Hall–Kier alpha value is -2.61. The zero-order valence-electron chi connectivity index (χ0n) is 13.7. The number of hydrogen-bond donors (Lipinski definition) is 3. The molecule has 0 heterocycles. The van der Waals surface area contributed by atoms with Crippen molar-refractivity contribution < 1.29 is 34.1 Å². The van der Waals surface area contributed by atoms with E-state index >= 15 is 0 Å². The lowest BCUT2D eigenvalue weighted by atomic mass is 9.94. The molecule has 1 amide bonds. The largest absolute Gasteiger partial charge is 0.479 e. The molecule has 0 spiro atoms. The minimum absolute atomic E-state index is 0.232. The Balaban J connectivity index is 2.97. The number of carbonyl (C=O) groups is 3. The van der Waals surface area contributed by atoms with Gasteiger partial charge in [0.2, 0.25) is 0 Å². The summed E-state index contributed by atoms with van der Waals surface area (Å²) < 4.78 is 9.94. The Morgan fingerprint density at radius 3 is 2.08 bits per heavy atom. The van der Waals surface area contributed by atoms with Crippen molar-refractivity contribution in [1.82, 2.24) is 0 Å². The second kappa shape index (κ2) is 8.30. The molecule has 0 bridgehead atoms. The van der Waals surface area contributed by atoms with E-state index in [0.717, 1.165) is 0 Å². The molecule has 1 aromatic rings. The van der Waals surface area contributed by atoms with Crippen molar-refractivity contribution in [3.8, 4) is 0 Å². The van der Waals surface area contributed by atoms with Crippen molar-refractivity contribution in [2.24, 2.45) is 0 Å². The summed E-state index contributed by atoms with van der Waals surface area (Å²) in [6.45, 7) is 5.03. The van der Waals surface area contributed by atoms with Gasteiger partial charge in [-0.1, -0.05) is 12.1 Å². The van der Waals surface area contributed by atoms with Gasteiger partial charge in [0, 0.05) is 12.1 Å². The summed E-state index contributed by atoms with van der Waals surface area (Å²) in [5, 5.41) is 21.2. The lowest BCUT2D eigenvalue weighted by Gasteiger charge is -2.27. The summed E-state index contributed by atoms with van der Waals surface area (Å²) >= 11 is 0. The van der Waals surface area contributed by atoms with Crippen molar-refractivity contribution in [3.63, 3.8) is 0 Å². The molecule has 0 radical (unpaired) electrons. The number of amides is 1. The fraction of sp³-hybridized carbons (Fsp3) is 0.438. The van der Waals surface area contributed by atoms with Crippen LogP contribution in [0.15, 0.2) is 24.3 Å². The first-order valence-corrected chi connectivity index (χ1v) is 7.38. The monoisotopic (exact) mass is 339 g/mol. The Morgan fingerprint density at radius 2 is 1.67 bits per heavy atom. The summed E-state index contributed by atoms with van der Waals surface area (Å²) in [4.78, 5) is 34.3. The van der Waals surface area contributed by atoms with Crippen molar-refractivity contribution in [3.05, 3.63) is 29.8 Å². The number of carbonyl (C=O) groups excluding carboxylic acids is 1. The predicted molar refractivity (Wildman–Crippen MR) is 85.0 cm³/mol. The number of hydrogen-bond acceptors (Lipinski definition) is 5. The molecule has 0 saturated carbocycles. The second-order valence-electron chi connectivity index (χ2n) is 5.32. The first-order valence-electron chi connectivity index (χ1n) is 7.38. The molecule has 8 nitrogen and oxygen atoms in total. The van der Waals surface area contributed by atoms with Crippen LogP contribution in [-0.4, -0.2) is 46.6 Å². The van der Waals surface area contributed by atoms with Crippen LogP contribution >= 0.6 is 0 Å². The molecule has 0 fully saturated rings. The van der Waals surface area contributed by atoms with Gasteiger partial charge >= 0.3 is 18.0 Å². The molecule has 3 N–H and O–H groups in total. The predicted octanol–water partition coefficient (Wildman–Crippen LogP) is 2.13. The number of benzene rings is 1. The molecule has 0 aliphatic heterocycles. The van der Waals surface area contributed by atoms with Gasteiger partial charge in [-0.15, -0.1) is 0 Å². The molecule has 1 aromatic carbocycles. The number of carboxylic acid groups (broad SMARTS) is 2. The quantitative estimate of drug-likeness (QED) is 0.620. The number of carboxylic acids is 2. The Bertz CT molecular complexity index is 581. The smallest absolute Gasteiger partial charge is 0.411 e. The van der Waals surface area contributed by atoms with E-state index in [1.807, 2.05) is 0 Å². The molecule has 8 heteroatoms. The van der Waals surface area contributed by atoms with Gasteiger partial charge in [0.25, 0.3) is 5.60 Å². The summed E-state index contributed by atoms with van der Waals surface area (Å²) in [6.07, 6.45) is -1.55. The molecule has 24 heavy (non-hydrogen) atoms. The van der Waals surface area contributed by atoms with Gasteiger partial charge in [-0.3, -0.25) is 5.32 Å². The lowest BCUT2D eigenvalue weighted by Crippen LogP contribution is -2.52. The van der Waals surface area contributed by atoms with Crippen LogP contribution in [0.2, 0.25) is 0 Å². The number of aliphatic carboxylic acids is 2. The average molecular weight is 339 g/mol. The fourth-order valence-electron chi connectivity index (χ4n) is 2.07. The normalized spacial score (nSPS) is 11.2. The maximum Gasteiger partial charge on any atom is 0.411 e. The summed E-state index contributed by atoms with van der Waals surface area (Å²) in [7, 11) is 0. The first kappa shape index (κ1) is 19.4. The lowest BCUT2D eigenvalue weighted by molar-refractivity contribution is -0.188. The highest BCUT2D eigenvalue weighted by Gasteiger charge is 2.49. The zero-order valence-corrected chi connectivity index (χ0v) is 13.7. The zero-order chi connectivity index (χ0) is 18.3. The highest BCUT2D eigenvalue weighted by atomic mass is 16.6. The van der Waals surface area contributed by atoms with Crippen molar-refractivity contribution >= 4 is 23.7 Å². The van der Waals surface area contributed by atoms with E-state index < -0.39 is 29.7 Å². The van der Waals surface area contributed by atoms with Crippen LogP contribution in [-0.2, 0) is 25.5 Å². The van der Waals surface area contributed by atoms with Crippen LogP contribution < -0.4 is 5.32 Å². The van der Waals surface area contributed by atoms with Crippen LogP contribution in [0.5, 0.6) is 0 Å². The maximum absolute atomic E-state index is 11.5. The van der Waals surface area contributed by atoms with Gasteiger partial charge in [-0.05, 0) is 38.5 Å². The van der Waals surface area contributed by atoms with Gasteiger partial charge in [0.05, 0.1) is 12.7 Å². The topological polar surface area (TPSA) is 122 Å². The van der Waals surface area contributed by atoms with Crippen LogP contribution in [0.1, 0.15) is 26.3 Å². The Kier molecular flexibility index (Phi) is 6.72. The van der Waals surface area contributed by atoms with Crippen LogP contribution in [0.3, 0.4) is 0 Å². The van der Waals surface area contributed by atoms with Gasteiger partial charge in [0.1, 0.15) is 0 Å². The van der Waals surface area contributed by atoms with Crippen LogP contribution in [0.4, 0.5) is 10.5 Å². The molecule has 0 aliphatic rings. The second-order valence-corrected chi connectivity index (χ2v) is 5.32. The number of rotatable bonds is 8. The third-order valence-electron chi connectivity index (χ3n) is 3.06. The van der Waals surface area contributed by atoms with Crippen molar-refractivity contribution in [2.45, 2.75) is 38.9 Å². The third kappa shape index (κ3) is 4.95. The van der Waals surface area contributed by atoms with E-state index in [1.54, 1.807) is 20.8 Å². The molecule has 132 valence electrons. The van der Waals surface area contributed by atoms with Crippen molar-refractivity contribution in [2.75, 3.05) is 11.9 Å². The summed E-state index contributed by atoms with van der Waals surface area (Å²) in [6, 6.07) is 6.09. The van der Waals surface area contributed by atoms with E-state index in [0.29, 0.717) is 11.3 Å². The number of anilines is 1. The minimum atomic E-state index is -2.37.